The minimum atomic E-state index is -0.0153. The second-order valence-corrected chi connectivity index (χ2v) is 7.50. The van der Waals surface area contributed by atoms with Gasteiger partial charge in [-0.05, 0) is 48.6 Å². The van der Waals surface area contributed by atoms with Gasteiger partial charge in [0.25, 0.3) is 0 Å². The third-order valence-electron chi connectivity index (χ3n) is 5.25. The largest absolute Gasteiger partial charge is 0.396 e. The molecule has 1 fully saturated rings. The molecule has 1 saturated carbocycles. The van der Waals surface area contributed by atoms with Gasteiger partial charge >= 0.3 is 0 Å². The average Bonchev–Trinajstić information content (AvgIpc) is 2.71. The van der Waals surface area contributed by atoms with E-state index in [9.17, 15) is 5.11 Å². The molecule has 0 amide bonds. The van der Waals surface area contributed by atoms with E-state index in [4.69, 9.17) is 0 Å². The van der Waals surface area contributed by atoms with E-state index < -0.39 is 0 Å². The second-order valence-electron chi connectivity index (χ2n) is 7.50. The van der Waals surface area contributed by atoms with E-state index in [1.54, 1.807) is 11.1 Å². The summed E-state index contributed by atoms with van der Waals surface area (Å²) in [7, 11) is 0. The molecule has 2 atom stereocenters. The standard InChI is InChI=1S/C18H27NO/c1-18(2,12-20)11-19-17-15-7-8-16(17)10-14-6-4-3-5-13(14)9-15/h3-6,15-17,19-20H,7-12H2,1-2H3. The van der Waals surface area contributed by atoms with E-state index in [2.05, 4.69) is 43.4 Å². The zero-order valence-electron chi connectivity index (χ0n) is 12.7. The Morgan fingerprint density at radius 1 is 1.10 bits per heavy atom. The summed E-state index contributed by atoms with van der Waals surface area (Å²) in [4.78, 5) is 0. The highest BCUT2D eigenvalue weighted by Gasteiger charge is 2.39. The Kier molecular flexibility index (Phi) is 3.87. The number of hydrogen-bond acceptors (Lipinski definition) is 2. The van der Waals surface area contributed by atoms with Gasteiger partial charge in [0.15, 0.2) is 0 Å². The van der Waals surface area contributed by atoms with Gasteiger partial charge < -0.3 is 10.4 Å². The molecule has 1 aromatic rings. The van der Waals surface area contributed by atoms with Crippen LogP contribution in [0.4, 0.5) is 0 Å². The fraction of sp³-hybridized carbons (Fsp3) is 0.667. The zero-order chi connectivity index (χ0) is 14.2. The van der Waals surface area contributed by atoms with Crippen LogP contribution in [0.1, 0.15) is 37.8 Å². The zero-order valence-corrected chi connectivity index (χ0v) is 12.7. The van der Waals surface area contributed by atoms with E-state index in [0.717, 1.165) is 18.4 Å². The molecule has 0 saturated heterocycles. The molecule has 2 unspecified atom stereocenters. The maximum Gasteiger partial charge on any atom is 0.0494 e. The van der Waals surface area contributed by atoms with Gasteiger partial charge in [0, 0.05) is 24.6 Å². The normalized spacial score (nSPS) is 29.1. The number of benzene rings is 1. The molecule has 2 N–H and O–H groups in total. The van der Waals surface area contributed by atoms with E-state index in [1.165, 1.54) is 25.7 Å². The molecule has 0 spiro atoms. The summed E-state index contributed by atoms with van der Waals surface area (Å²) >= 11 is 0. The molecule has 110 valence electrons. The van der Waals surface area contributed by atoms with Crippen molar-refractivity contribution >= 4 is 0 Å². The van der Waals surface area contributed by atoms with Crippen molar-refractivity contribution in [2.24, 2.45) is 17.3 Å². The average molecular weight is 273 g/mol. The lowest BCUT2D eigenvalue weighted by molar-refractivity contribution is 0.146. The third kappa shape index (κ3) is 2.77. The van der Waals surface area contributed by atoms with Gasteiger partial charge in [-0.15, -0.1) is 0 Å². The summed E-state index contributed by atoms with van der Waals surface area (Å²) in [6.45, 7) is 5.43. The predicted molar refractivity (Wildman–Crippen MR) is 82.7 cm³/mol. The highest BCUT2D eigenvalue weighted by Crippen LogP contribution is 2.40. The number of rotatable bonds is 4. The lowest BCUT2D eigenvalue weighted by atomic mass is 9.91. The first-order valence-electron chi connectivity index (χ1n) is 8.00. The summed E-state index contributed by atoms with van der Waals surface area (Å²) in [5.74, 6) is 1.55. The molecule has 0 heterocycles. The van der Waals surface area contributed by atoms with E-state index in [1.807, 2.05) is 0 Å². The van der Waals surface area contributed by atoms with Crippen LogP contribution < -0.4 is 5.32 Å². The van der Waals surface area contributed by atoms with E-state index in [0.29, 0.717) is 6.04 Å². The van der Waals surface area contributed by atoms with Crippen molar-refractivity contribution < 1.29 is 5.11 Å². The maximum absolute atomic E-state index is 9.43. The molecule has 3 rings (SSSR count). The molecule has 2 aliphatic rings. The van der Waals surface area contributed by atoms with Crippen molar-refractivity contribution in [3.8, 4) is 0 Å². The predicted octanol–water partition coefficient (Wildman–Crippen LogP) is 2.79. The summed E-state index contributed by atoms with van der Waals surface area (Å²) in [6.07, 6.45) is 5.17. The van der Waals surface area contributed by atoms with Gasteiger partial charge in [-0.3, -0.25) is 0 Å². The van der Waals surface area contributed by atoms with Crippen LogP contribution in [-0.4, -0.2) is 24.3 Å². The molecule has 0 radical (unpaired) electrons. The van der Waals surface area contributed by atoms with Crippen molar-refractivity contribution in [1.29, 1.82) is 0 Å². The second kappa shape index (κ2) is 5.50. The molecule has 2 bridgehead atoms. The Hall–Kier alpha value is -0.860. The molecule has 2 aliphatic carbocycles. The van der Waals surface area contributed by atoms with Gasteiger partial charge in [0.05, 0.1) is 0 Å². The fourth-order valence-corrected chi connectivity index (χ4v) is 3.93. The molecule has 1 aromatic carbocycles. The van der Waals surface area contributed by atoms with Crippen LogP contribution in [0.3, 0.4) is 0 Å². The van der Waals surface area contributed by atoms with Gasteiger partial charge in [0.1, 0.15) is 0 Å². The number of aliphatic hydroxyl groups excluding tert-OH is 1. The number of nitrogens with one attached hydrogen (secondary N) is 1. The first-order valence-corrected chi connectivity index (χ1v) is 8.00. The Bertz CT molecular complexity index is 435. The molecule has 2 heteroatoms. The summed E-state index contributed by atoms with van der Waals surface area (Å²) in [5, 5.41) is 13.2. The van der Waals surface area contributed by atoms with Crippen molar-refractivity contribution in [2.75, 3.05) is 13.2 Å². The Balaban J connectivity index is 1.73. The minimum Gasteiger partial charge on any atom is -0.396 e. The topological polar surface area (TPSA) is 32.3 Å². The highest BCUT2D eigenvalue weighted by atomic mass is 16.3. The molecular weight excluding hydrogens is 246 g/mol. The minimum absolute atomic E-state index is 0.0153. The summed E-state index contributed by atoms with van der Waals surface area (Å²) in [6, 6.07) is 9.60. The molecule has 0 aromatic heterocycles. The van der Waals surface area contributed by atoms with Crippen LogP contribution in [0.5, 0.6) is 0 Å². The molecular formula is C18H27NO. The lowest BCUT2D eigenvalue weighted by Gasteiger charge is -2.29. The molecule has 0 aliphatic heterocycles. The van der Waals surface area contributed by atoms with Crippen molar-refractivity contribution in [3.63, 3.8) is 0 Å². The smallest absolute Gasteiger partial charge is 0.0494 e. The van der Waals surface area contributed by atoms with Crippen LogP contribution in [0, 0.1) is 17.3 Å². The van der Waals surface area contributed by atoms with Gasteiger partial charge in [-0.1, -0.05) is 38.1 Å². The number of fused-ring (bicyclic) bond motifs is 3. The molecule has 2 nitrogen and oxygen atoms in total. The Morgan fingerprint density at radius 3 is 2.15 bits per heavy atom. The van der Waals surface area contributed by atoms with Crippen LogP contribution >= 0.6 is 0 Å². The number of hydrogen-bond donors (Lipinski definition) is 2. The SMILES string of the molecule is CC(C)(CO)CNC1C2CCC1Cc1ccccc1C2. The van der Waals surface area contributed by atoms with Gasteiger partial charge in [0.2, 0.25) is 0 Å². The molecule has 20 heavy (non-hydrogen) atoms. The fourth-order valence-electron chi connectivity index (χ4n) is 3.93. The first-order chi connectivity index (χ1) is 9.59. The van der Waals surface area contributed by atoms with Crippen LogP contribution in [0.2, 0.25) is 0 Å². The van der Waals surface area contributed by atoms with Gasteiger partial charge in [-0.2, -0.15) is 0 Å². The summed E-state index contributed by atoms with van der Waals surface area (Å²) < 4.78 is 0. The summed E-state index contributed by atoms with van der Waals surface area (Å²) in [5.41, 5.74) is 3.11. The maximum atomic E-state index is 9.43. The highest BCUT2D eigenvalue weighted by molar-refractivity contribution is 5.30. The van der Waals surface area contributed by atoms with Crippen molar-refractivity contribution in [2.45, 2.75) is 45.6 Å². The Morgan fingerprint density at radius 2 is 1.65 bits per heavy atom. The first kappa shape index (κ1) is 14.1. The number of aliphatic hydroxyl groups is 1. The van der Waals surface area contributed by atoms with E-state index in [-0.39, 0.29) is 12.0 Å². The Labute approximate surface area is 122 Å². The van der Waals surface area contributed by atoms with Crippen LogP contribution in [0.15, 0.2) is 24.3 Å². The monoisotopic (exact) mass is 273 g/mol. The van der Waals surface area contributed by atoms with E-state index >= 15 is 0 Å². The quantitative estimate of drug-likeness (QED) is 0.884. The lowest BCUT2D eigenvalue weighted by Crippen LogP contribution is -2.43. The van der Waals surface area contributed by atoms with Crippen LogP contribution in [-0.2, 0) is 12.8 Å². The third-order valence-corrected chi connectivity index (χ3v) is 5.25. The van der Waals surface area contributed by atoms with Crippen molar-refractivity contribution in [1.82, 2.24) is 5.32 Å². The van der Waals surface area contributed by atoms with Crippen LogP contribution in [0.25, 0.3) is 0 Å². The van der Waals surface area contributed by atoms with Crippen molar-refractivity contribution in [3.05, 3.63) is 35.4 Å². The van der Waals surface area contributed by atoms with Gasteiger partial charge in [-0.25, -0.2) is 0 Å².